The number of thiophene rings is 1. The minimum atomic E-state index is -4.70. The highest BCUT2D eigenvalue weighted by atomic mass is 35.5. The zero-order valence-electron chi connectivity index (χ0n) is 18.0. The lowest BCUT2D eigenvalue weighted by Gasteiger charge is -2.19. The fourth-order valence-corrected chi connectivity index (χ4v) is 6.52. The third-order valence-corrected chi connectivity index (χ3v) is 8.72. The number of nitrogens with zero attached hydrogens (tertiary/aromatic N) is 1. The van der Waals surface area contributed by atoms with Crippen molar-refractivity contribution >= 4 is 38.6 Å². The Morgan fingerprint density at radius 1 is 1.14 bits per heavy atom. The molecule has 0 saturated carbocycles. The largest absolute Gasteiger partial charge is 0.488 e. The molecule has 0 bridgehead atoms. The number of hydrogen-bond donors (Lipinski definition) is 1. The van der Waals surface area contributed by atoms with Crippen molar-refractivity contribution in [1.29, 1.82) is 0 Å². The maximum atomic E-state index is 14.2. The molecule has 1 atom stereocenters. The molecule has 3 aromatic rings. The molecule has 188 valence electrons. The maximum Gasteiger partial charge on any atom is 0.419 e. The lowest BCUT2D eigenvalue weighted by molar-refractivity contribution is -0.139. The highest BCUT2D eigenvalue weighted by molar-refractivity contribution is 7.94. The summed E-state index contributed by atoms with van der Waals surface area (Å²) in [5.74, 6) is -2.22. The van der Waals surface area contributed by atoms with Crippen molar-refractivity contribution < 1.29 is 35.1 Å². The van der Waals surface area contributed by atoms with Gasteiger partial charge in [-0.2, -0.15) is 13.2 Å². The molecule has 35 heavy (non-hydrogen) atoms. The van der Waals surface area contributed by atoms with Crippen LogP contribution in [-0.2, 0) is 16.2 Å². The highest BCUT2D eigenvalue weighted by Crippen LogP contribution is 2.41. The van der Waals surface area contributed by atoms with E-state index in [0.29, 0.717) is 36.9 Å². The number of hydrogen-bond acceptors (Lipinski definition) is 5. The summed E-state index contributed by atoms with van der Waals surface area (Å²) >= 11 is 6.75. The molecular formula is C22H18ClF5N2O3S2. The summed E-state index contributed by atoms with van der Waals surface area (Å²) in [6.45, 7) is 1.10. The molecule has 2 heterocycles. The van der Waals surface area contributed by atoms with E-state index in [9.17, 15) is 30.4 Å². The monoisotopic (exact) mass is 552 g/mol. The maximum absolute atomic E-state index is 14.2. The fraction of sp³-hybridized carbons (Fsp3) is 0.273. The predicted octanol–water partition coefficient (Wildman–Crippen LogP) is 6.25. The highest BCUT2D eigenvalue weighted by Gasteiger charge is 2.36. The van der Waals surface area contributed by atoms with Crippen molar-refractivity contribution in [1.82, 2.24) is 4.90 Å². The Labute approximate surface area is 207 Å². The second-order valence-electron chi connectivity index (χ2n) is 7.97. The molecule has 4 rings (SSSR count). The van der Waals surface area contributed by atoms with Gasteiger partial charge in [0.15, 0.2) is 0 Å². The van der Waals surface area contributed by atoms with E-state index in [1.807, 2.05) is 11.9 Å². The van der Waals surface area contributed by atoms with Crippen molar-refractivity contribution in [3.05, 3.63) is 64.7 Å². The van der Waals surface area contributed by atoms with Gasteiger partial charge in [-0.15, -0.1) is 11.3 Å². The van der Waals surface area contributed by atoms with Crippen molar-refractivity contribution in [2.75, 3.05) is 24.9 Å². The normalized spacial score (nSPS) is 17.1. The quantitative estimate of drug-likeness (QED) is 0.367. The van der Waals surface area contributed by atoms with E-state index in [1.54, 1.807) is 0 Å². The molecule has 1 N–H and O–H groups in total. The van der Waals surface area contributed by atoms with E-state index < -0.39 is 45.3 Å². The summed E-state index contributed by atoms with van der Waals surface area (Å²) in [5, 5.41) is -0.0809. The van der Waals surface area contributed by atoms with Crippen LogP contribution in [0.5, 0.6) is 5.75 Å². The average Bonchev–Trinajstić information content (AvgIpc) is 3.33. The molecule has 0 radical (unpaired) electrons. The van der Waals surface area contributed by atoms with Crippen LogP contribution < -0.4 is 9.46 Å². The van der Waals surface area contributed by atoms with Gasteiger partial charge in [0.2, 0.25) is 0 Å². The second-order valence-corrected chi connectivity index (χ2v) is 11.3. The molecule has 1 aromatic heterocycles. The average molecular weight is 553 g/mol. The van der Waals surface area contributed by atoms with Gasteiger partial charge in [0, 0.05) is 30.8 Å². The first-order valence-corrected chi connectivity index (χ1v) is 12.9. The molecule has 0 spiro atoms. The number of rotatable bonds is 6. The van der Waals surface area contributed by atoms with Crippen LogP contribution in [0.1, 0.15) is 12.0 Å². The van der Waals surface area contributed by atoms with Crippen LogP contribution in [0.15, 0.2) is 46.7 Å². The SMILES string of the molecule is CN1CC[C@@H](Oc2cc(NS(=O)(=O)c3cc(Cl)c(-c4ccc(F)cc4F)s3)ccc2C(F)(F)F)C1. The van der Waals surface area contributed by atoms with Gasteiger partial charge >= 0.3 is 6.18 Å². The molecule has 0 aliphatic carbocycles. The van der Waals surface area contributed by atoms with E-state index >= 15 is 0 Å². The van der Waals surface area contributed by atoms with Gasteiger partial charge in [0.1, 0.15) is 27.7 Å². The summed E-state index contributed by atoms with van der Waals surface area (Å²) in [7, 11) is -2.49. The number of halogens is 6. The fourth-order valence-electron chi connectivity index (χ4n) is 3.63. The van der Waals surface area contributed by atoms with Gasteiger partial charge in [-0.05, 0) is 43.8 Å². The molecule has 5 nitrogen and oxygen atoms in total. The van der Waals surface area contributed by atoms with E-state index in [4.69, 9.17) is 16.3 Å². The number of sulfonamides is 1. The minimum absolute atomic E-state index is 0.0614. The number of alkyl halides is 3. The van der Waals surface area contributed by atoms with Gasteiger partial charge in [-0.1, -0.05) is 11.6 Å². The zero-order chi connectivity index (χ0) is 25.5. The topological polar surface area (TPSA) is 58.6 Å². The van der Waals surface area contributed by atoms with Gasteiger partial charge in [-0.3, -0.25) is 4.72 Å². The van der Waals surface area contributed by atoms with Crippen LogP contribution in [0, 0.1) is 11.6 Å². The van der Waals surface area contributed by atoms with Crippen LogP contribution in [0.3, 0.4) is 0 Å². The number of anilines is 1. The first-order chi connectivity index (χ1) is 16.3. The Morgan fingerprint density at radius 3 is 2.51 bits per heavy atom. The Balaban J connectivity index is 1.63. The number of nitrogens with one attached hydrogen (secondary N) is 1. The number of ether oxygens (including phenoxy) is 1. The summed E-state index contributed by atoms with van der Waals surface area (Å²) in [6.07, 6.45) is -4.65. The third-order valence-electron chi connectivity index (χ3n) is 5.29. The van der Waals surface area contributed by atoms with Crippen molar-refractivity contribution in [2.24, 2.45) is 0 Å². The summed E-state index contributed by atoms with van der Waals surface area (Å²) in [4.78, 5) is 1.97. The van der Waals surface area contributed by atoms with Crippen molar-refractivity contribution in [3.8, 4) is 16.2 Å². The number of likely N-dealkylation sites (tertiary alicyclic amines) is 1. The van der Waals surface area contributed by atoms with E-state index in [1.165, 1.54) is 0 Å². The van der Waals surface area contributed by atoms with E-state index in [2.05, 4.69) is 4.72 Å². The standard InChI is InChI=1S/C22H18ClF5N2O3S2/c1-30-7-6-14(11-30)33-19-9-13(3-5-16(19)22(26,27)28)29-35(31,32)20-10-17(23)21(34-20)15-4-2-12(24)8-18(15)25/h2-5,8-10,14,29H,6-7,11H2,1H3/t14-/m1/s1. The van der Waals surface area contributed by atoms with Crippen LogP contribution in [-0.4, -0.2) is 39.6 Å². The molecule has 2 aromatic carbocycles. The first kappa shape index (κ1) is 25.7. The summed E-state index contributed by atoms with van der Waals surface area (Å²) < 4.78 is 101. The number of likely N-dealkylation sites (N-methyl/N-ethyl adjacent to an activating group) is 1. The third kappa shape index (κ3) is 5.71. The van der Waals surface area contributed by atoms with Crippen LogP contribution in [0.2, 0.25) is 5.02 Å². The molecular weight excluding hydrogens is 535 g/mol. The Hall–Kier alpha value is -2.41. The summed E-state index contributed by atoms with van der Waals surface area (Å²) in [5.41, 5.74) is -1.27. The molecule has 1 aliphatic heterocycles. The van der Waals surface area contributed by atoms with E-state index in [-0.39, 0.29) is 25.4 Å². The molecule has 13 heteroatoms. The molecule has 1 aliphatic rings. The molecule has 1 fully saturated rings. The predicted molar refractivity (Wildman–Crippen MR) is 123 cm³/mol. The van der Waals surface area contributed by atoms with Gasteiger partial charge in [-0.25, -0.2) is 17.2 Å². The minimum Gasteiger partial charge on any atom is -0.488 e. The molecule has 1 saturated heterocycles. The number of benzene rings is 2. The van der Waals surface area contributed by atoms with Gasteiger partial charge in [0.05, 0.1) is 21.2 Å². The second kappa shape index (κ2) is 9.57. The summed E-state index contributed by atoms with van der Waals surface area (Å²) in [6, 6.07) is 6.57. The smallest absolute Gasteiger partial charge is 0.419 e. The molecule has 0 unspecified atom stereocenters. The van der Waals surface area contributed by atoms with Gasteiger partial charge < -0.3 is 9.64 Å². The first-order valence-electron chi connectivity index (χ1n) is 10.2. The van der Waals surface area contributed by atoms with Crippen LogP contribution in [0.4, 0.5) is 27.6 Å². The molecule has 0 amide bonds. The Morgan fingerprint density at radius 2 is 1.89 bits per heavy atom. The van der Waals surface area contributed by atoms with Crippen LogP contribution >= 0.6 is 22.9 Å². The van der Waals surface area contributed by atoms with Crippen molar-refractivity contribution in [2.45, 2.75) is 22.9 Å². The zero-order valence-corrected chi connectivity index (χ0v) is 20.4. The van der Waals surface area contributed by atoms with Crippen LogP contribution in [0.25, 0.3) is 10.4 Å². The van der Waals surface area contributed by atoms with Gasteiger partial charge in [0.25, 0.3) is 10.0 Å². The lowest BCUT2D eigenvalue weighted by atomic mass is 10.1. The van der Waals surface area contributed by atoms with E-state index in [0.717, 1.165) is 36.4 Å². The van der Waals surface area contributed by atoms with Crippen molar-refractivity contribution in [3.63, 3.8) is 0 Å². The Kier molecular flexibility index (Phi) is 7.02. The Bertz CT molecular complexity index is 1360. The lowest BCUT2D eigenvalue weighted by Crippen LogP contribution is -2.23.